The Labute approximate surface area is 115 Å². The summed E-state index contributed by atoms with van der Waals surface area (Å²) in [5, 5.41) is 3.77. The molecule has 1 N–H and O–H groups in total. The van der Waals surface area contributed by atoms with E-state index in [0.29, 0.717) is 10.8 Å². The molecule has 1 aliphatic rings. The largest absolute Gasteiger partial charge is 0.316 e. The standard InChI is InChI=1S/C17H35N/c1-16(2,3)14-10-8-7-9-11-15(13-18-12-14)17(4,5)6/h14-15,18H,7-13H2,1-6H3. The van der Waals surface area contributed by atoms with Gasteiger partial charge in [-0.15, -0.1) is 0 Å². The second-order valence-electron chi connectivity index (χ2n) is 8.42. The van der Waals surface area contributed by atoms with Crippen molar-refractivity contribution in [3.8, 4) is 0 Å². The molecule has 0 spiro atoms. The third-order valence-corrected chi connectivity index (χ3v) is 4.84. The second-order valence-corrected chi connectivity index (χ2v) is 8.42. The molecule has 1 nitrogen and oxygen atoms in total. The number of hydrogen-bond acceptors (Lipinski definition) is 1. The van der Waals surface area contributed by atoms with Crippen LogP contribution in [-0.4, -0.2) is 13.1 Å². The highest BCUT2D eigenvalue weighted by atomic mass is 14.9. The molecule has 1 heteroatoms. The highest BCUT2D eigenvalue weighted by Crippen LogP contribution is 2.33. The molecule has 0 radical (unpaired) electrons. The van der Waals surface area contributed by atoms with Crippen molar-refractivity contribution in [2.24, 2.45) is 22.7 Å². The minimum atomic E-state index is 0.448. The summed E-state index contributed by atoms with van der Waals surface area (Å²) in [7, 11) is 0. The minimum Gasteiger partial charge on any atom is -0.316 e. The van der Waals surface area contributed by atoms with Crippen LogP contribution in [0.1, 0.15) is 73.6 Å². The Kier molecular flexibility index (Phi) is 5.70. The zero-order chi connectivity index (χ0) is 13.8. The Morgan fingerprint density at radius 2 is 1.06 bits per heavy atom. The first kappa shape index (κ1) is 16.0. The smallest absolute Gasteiger partial charge is 0.00154 e. The molecule has 0 aromatic rings. The lowest BCUT2D eigenvalue weighted by Gasteiger charge is -2.36. The second kappa shape index (κ2) is 6.41. The van der Waals surface area contributed by atoms with Gasteiger partial charge in [0.1, 0.15) is 0 Å². The van der Waals surface area contributed by atoms with Crippen LogP contribution in [0.15, 0.2) is 0 Å². The van der Waals surface area contributed by atoms with Gasteiger partial charge < -0.3 is 5.32 Å². The van der Waals surface area contributed by atoms with E-state index in [4.69, 9.17) is 0 Å². The molecule has 1 aliphatic heterocycles. The zero-order valence-electron chi connectivity index (χ0n) is 13.6. The van der Waals surface area contributed by atoms with Gasteiger partial charge in [-0.2, -0.15) is 0 Å². The van der Waals surface area contributed by atoms with Crippen LogP contribution in [0.25, 0.3) is 0 Å². The topological polar surface area (TPSA) is 12.0 Å². The average molecular weight is 253 g/mol. The fraction of sp³-hybridized carbons (Fsp3) is 1.00. The van der Waals surface area contributed by atoms with Crippen LogP contribution in [-0.2, 0) is 0 Å². The number of nitrogens with one attached hydrogen (secondary N) is 1. The van der Waals surface area contributed by atoms with Crippen molar-refractivity contribution in [2.45, 2.75) is 73.6 Å². The summed E-state index contributed by atoms with van der Waals surface area (Å²) in [5.74, 6) is 1.66. The van der Waals surface area contributed by atoms with Crippen LogP contribution in [0.5, 0.6) is 0 Å². The van der Waals surface area contributed by atoms with Gasteiger partial charge in [-0.25, -0.2) is 0 Å². The Morgan fingerprint density at radius 3 is 1.39 bits per heavy atom. The van der Waals surface area contributed by atoms with E-state index in [9.17, 15) is 0 Å². The quantitative estimate of drug-likeness (QED) is 0.650. The summed E-state index contributed by atoms with van der Waals surface area (Å²) in [5.41, 5.74) is 0.896. The summed E-state index contributed by atoms with van der Waals surface area (Å²) < 4.78 is 0. The van der Waals surface area contributed by atoms with Crippen LogP contribution in [0.3, 0.4) is 0 Å². The van der Waals surface area contributed by atoms with Crippen LogP contribution >= 0.6 is 0 Å². The van der Waals surface area contributed by atoms with Crippen molar-refractivity contribution in [2.75, 3.05) is 13.1 Å². The average Bonchev–Trinajstić information content (AvgIpc) is 2.22. The Bertz CT molecular complexity index is 207. The molecule has 1 heterocycles. The molecular weight excluding hydrogens is 218 g/mol. The van der Waals surface area contributed by atoms with Gasteiger partial charge in [-0.05, 0) is 48.6 Å². The predicted octanol–water partition coefficient (Wildman–Crippen LogP) is 4.86. The molecule has 1 fully saturated rings. The molecule has 0 bridgehead atoms. The highest BCUT2D eigenvalue weighted by molar-refractivity contribution is 4.81. The lowest BCUT2D eigenvalue weighted by Crippen LogP contribution is -2.38. The first-order valence-corrected chi connectivity index (χ1v) is 7.92. The van der Waals surface area contributed by atoms with Crippen LogP contribution < -0.4 is 5.32 Å². The molecule has 0 aromatic heterocycles. The molecule has 0 aliphatic carbocycles. The van der Waals surface area contributed by atoms with Crippen molar-refractivity contribution in [1.82, 2.24) is 5.32 Å². The Hall–Kier alpha value is -0.0400. The van der Waals surface area contributed by atoms with Crippen molar-refractivity contribution >= 4 is 0 Å². The summed E-state index contributed by atoms with van der Waals surface area (Å²) in [4.78, 5) is 0. The van der Waals surface area contributed by atoms with E-state index >= 15 is 0 Å². The van der Waals surface area contributed by atoms with Crippen LogP contribution in [0.4, 0.5) is 0 Å². The van der Waals surface area contributed by atoms with Gasteiger partial charge in [0.05, 0.1) is 0 Å². The lowest BCUT2D eigenvalue weighted by molar-refractivity contribution is 0.173. The minimum absolute atomic E-state index is 0.448. The molecule has 1 saturated heterocycles. The summed E-state index contributed by atoms with van der Waals surface area (Å²) >= 11 is 0. The molecule has 1 rings (SSSR count). The van der Waals surface area contributed by atoms with E-state index in [1.54, 1.807) is 0 Å². The van der Waals surface area contributed by atoms with E-state index in [2.05, 4.69) is 46.9 Å². The van der Waals surface area contributed by atoms with Gasteiger partial charge in [0, 0.05) is 0 Å². The first-order chi connectivity index (χ1) is 8.21. The fourth-order valence-electron chi connectivity index (χ4n) is 3.07. The van der Waals surface area contributed by atoms with Crippen LogP contribution in [0, 0.1) is 22.7 Å². The Morgan fingerprint density at radius 1 is 0.667 bits per heavy atom. The van der Waals surface area contributed by atoms with Gasteiger partial charge in [0.15, 0.2) is 0 Å². The predicted molar refractivity (Wildman–Crippen MR) is 81.8 cm³/mol. The van der Waals surface area contributed by atoms with E-state index < -0.39 is 0 Å². The van der Waals surface area contributed by atoms with Gasteiger partial charge in [-0.1, -0.05) is 60.8 Å². The summed E-state index contributed by atoms with van der Waals surface area (Å²) in [6.07, 6.45) is 7.06. The molecule has 0 aromatic carbocycles. The normalized spacial score (nSPS) is 29.0. The molecule has 108 valence electrons. The van der Waals surface area contributed by atoms with Crippen molar-refractivity contribution in [1.29, 1.82) is 0 Å². The van der Waals surface area contributed by atoms with E-state index in [1.807, 2.05) is 0 Å². The number of hydrogen-bond donors (Lipinski definition) is 1. The van der Waals surface area contributed by atoms with Crippen LogP contribution in [0.2, 0.25) is 0 Å². The third-order valence-electron chi connectivity index (χ3n) is 4.84. The van der Waals surface area contributed by atoms with Gasteiger partial charge in [0.25, 0.3) is 0 Å². The van der Waals surface area contributed by atoms with Crippen molar-refractivity contribution < 1.29 is 0 Å². The van der Waals surface area contributed by atoms with Gasteiger partial charge in [-0.3, -0.25) is 0 Å². The summed E-state index contributed by atoms with van der Waals surface area (Å²) in [6.45, 7) is 16.8. The molecule has 0 saturated carbocycles. The van der Waals surface area contributed by atoms with Crippen molar-refractivity contribution in [3.63, 3.8) is 0 Å². The number of rotatable bonds is 0. The van der Waals surface area contributed by atoms with E-state index in [-0.39, 0.29) is 0 Å². The lowest BCUT2D eigenvalue weighted by atomic mass is 9.75. The monoisotopic (exact) mass is 253 g/mol. The summed E-state index contributed by atoms with van der Waals surface area (Å²) in [6, 6.07) is 0. The molecule has 18 heavy (non-hydrogen) atoms. The van der Waals surface area contributed by atoms with E-state index in [0.717, 1.165) is 11.8 Å². The maximum Gasteiger partial charge on any atom is -0.00154 e. The van der Waals surface area contributed by atoms with Crippen molar-refractivity contribution in [3.05, 3.63) is 0 Å². The maximum absolute atomic E-state index is 3.77. The Balaban J connectivity index is 2.58. The van der Waals surface area contributed by atoms with Gasteiger partial charge in [0.2, 0.25) is 0 Å². The fourth-order valence-corrected chi connectivity index (χ4v) is 3.07. The zero-order valence-corrected chi connectivity index (χ0v) is 13.6. The van der Waals surface area contributed by atoms with E-state index in [1.165, 1.54) is 45.2 Å². The molecule has 0 amide bonds. The molecular formula is C17H35N. The first-order valence-electron chi connectivity index (χ1n) is 7.92. The molecule has 2 unspecified atom stereocenters. The van der Waals surface area contributed by atoms with Gasteiger partial charge >= 0.3 is 0 Å². The maximum atomic E-state index is 3.77. The third kappa shape index (κ3) is 5.30. The highest BCUT2D eigenvalue weighted by Gasteiger charge is 2.27. The molecule has 2 atom stereocenters. The SMILES string of the molecule is CC(C)(C)C1CCCCCC(C(C)(C)C)CNC1.